The molecule has 0 aliphatic heterocycles. The van der Waals surface area contributed by atoms with Gasteiger partial charge in [-0.15, -0.1) is 0 Å². The summed E-state index contributed by atoms with van der Waals surface area (Å²) in [4.78, 5) is 0. The van der Waals surface area contributed by atoms with Crippen molar-refractivity contribution in [2.45, 2.75) is 69.9 Å². The number of aliphatic hydroxyl groups is 1. The molecule has 2 rings (SSSR count). The van der Waals surface area contributed by atoms with Crippen LogP contribution in [0.1, 0.15) is 58.3 Å². The van der Waals surface area contributed by atoms with Gasteiger partial charge in [-0.3, -0.25) is 0 Å². The van der Waals surface area contributed by atoms with Gasteiger partial charge < -0.3 is 10.4 Å². The number of hydrogen-bond acceptors (Lipinski definition) is 2. The first-order chi connectivity index (χ1) is 7.29. The summed E-state index contributed by atoms with van der Waals surface area (Å²) in [6, 6.07) is 0.681. The van der Waals surface area contributed by atoms with E-state index in [1.807, 2.05) is 0 Å². The molecule has 2 nitrogen and oxygen atoms in total. The Bertz CT molecular complexity index is 195. The molecule has 88 valence electrons. The van der Waals surface area contributed by atoms with Gasteiger partial charge in [0.1, 0.15) is 0 Å². The van der Waals surface area contributed by atoms with Crippen molar-refractivity contribution in [3.63, 3.8) is 0 Å². The van der Waals surface area contributed by atoms with E-state index in [0.717, 1.165) is 5.92 Å². The second-order valence-electron chi connectivity index (χ2n) is 5.52. The Morgan fingerprint density at radius 1 is 1.33 bits per heavy atom. The van der Waals surface area contributed by atoms with Crippen molar-refractivity contribution in [3.05, 3.63) is 0 Å². The van der Waals surface area contributed by atoms with Gasteiger partial charge in [-0.1, -0.05) is 26.2 Å². The lowest BCUT2D eigenvalue weighted by atomic mass is 9.95. The minimum absolute atomic E-state index is 0.0857. The van der Waals surface area contributed by atoms with Crippen molar-refractivity contribution in [2.75, 3.05) is 6.61 Å². The van der Waals surface area contributed by atoms with E-state index >= 15 is 0 Å². The monoisotopic (exact) mass is 211 g/mol. The second kappa shape index (κ2) is 4.84. The summed E-state index contributed by atoms with van der Waals surface area (Å²) >= 11 is 0. The van der Waals surface area contributed by atoms with E-state index in [9.17, 15) is 5.11 Å². The van der Waals surface area contributed by atoms with Gasteiger partial charge in [-0.05, 0) is 38.0 Å². The van der Waals surface area contributed by atoms with Crippen LogP contribution in [0, 0.1) is 5.92 Å². The highest BCUT2D eigenvalue weighted by Gasteiger charge is 2.39. The fourth-order valence-corrected chi connectivity index (χ4v) is 3.03. The summed E-state index contributed by atoms with van der Waals surface area (Å²) in [7, 11) is 0. The van der Waals surface area contributed by atoms with Crippen molar-refractivity contribution >= 4 is 0 Å². The van der Waals surface area contributed by atoms with Crippen LogP contribution in [0.25, 0.3) is 0 Å². The van der Waals surface area contributed by atoms with Gasteiger partial charge in [0, 0.05) is 11.6 Å². The molecule has 2 aliphatic carbocycles. The summed E-state index contributed by atoms with van der Waals surface area (Å²) in [6.45, 7) is 2.59. The summed E-state index contributed by atoms with van der Waals surface area (Å²) in [5.74, 6) is 0.911. The van der Waals surface area contributed by atoms with E-state index in [4.69, 9.17) is 0 Å². The minimum Gasteiger partial charge on any atom is -0.394 e. The Labute approximate surface area is 93.5 Å². The first-order valence-electron chi connectivity index (χ1n) is 6.68. The molecule has 0 bridgehead atoms. The third kappa shape index (κ3) is 2.73. The molecule has 1 atom stereocenters. The van der Waals surface area contributed by atoms with Crippen molar-refractivity contribution in [1.29, 1.82) is 0 Å². The summed E-state index contributed by atoms with van der Waals surface area (Å²) in [5.41, 5.74) is 0.0857. The molecule has 0 aromatic heterocycles. The van der Waals surface area contributed by atoms with Gasteiger partial charge in [-0.2, -0.15) is 0 Å². The van der Waals surface area contributed by atoms with Crippen molar-refractivity contribution in [1.82, 2.24) is 5.32 Å². The maximum absolute atomic E-state index is 9.57. The zero-order valence-electron chi connectivity index (χ0n) is 9.97. The van der Waals surface area contributed by atoms with Crippen LogP contribution in [-0.2, 0) is 0 Å². The van der Waals surface area contributed by atoms with Crippen LogP contribution in [0.5, 0.6) is 0 Å². The molecule has 0 heterocycles. The van der Waals surface area contributed by atoms with Crippen LogP contribution in [0.4, 0.5) is 0 Å². The van der Waals surface area contributed by atoms with Gasteiger partial charge in [0.15, 0.2) is 0 Å². The van der Waals surface area contributed by atoms with Crippen LogP contribution in [0.15, 0.2) is 0 Å². The van der Waals surface area contributed by atoms with Gasteiger partial charge >= 0.3 is 0 Å². The lowest BCUT2D eigenvalue weighted by Gasteiger charge is -2.33. The van der Waals surface area contributed by atoms with E-state index < -0.39 is 0 Å². The largest absolute Gasteiger partial charge is 0.394 e. The molecule has 0 saturated heterocycles. The highest BCUT2D eigenvalue weighted by atomic mass is 16.3. The van der Waals surface area contributed by atoms with E-state index in [1.165, 1.54) is 51.4 Å². The molecule has 0 amide bonds. The van der Waals surface area contributed by atoms with Gasteiger partial charge in [0.2, 0.25) is 0 Å². The SMILES string of the molecule is CCCC(NC1(CO)CCCC1)C1CC1. The maximum atomic E-state index is 9.57. The molecule has 2 fully saturated rings. The fraction of sp³-hybridized carbons (Fsp3) is 1.00. The maximum Gasteiger partial charge on any atom is 0.0613 e. The van der Waals surface area contributed by atoms with Crippen molar-refractivity contribution in [2.24, 2.45) is 5.92 Å². The molecule has 2 aliphatic rings. The predicted molar refractivity (Wildman–Crippen MR) is 62.8 cm³/mol. The van der Waals surface area contributed by atoms with Crippen molar-refractivity contribution < 1.29 is 5.11 Å². The topological polar surface area (TPSA) is 32.3 Å². The molecule has 2 N–H and O–H groups in total. The molecule has 0 spiro atoms. The smallest absolute Gasteiger partial charge is 0.0613 e. The van der Waals surface area contributed by atoms with Gasteiger partial charge in [-0.25, -0.2) is 0 Å². The molecule has 2 heteroatoms. The zero-order chi connectivity index (χ0) is 10.7. The Morgan fingerprint density at radius 3 is 2.47 bits per heavy atom. The van der Waals surface area contributed by atoms with Gasteiger partial charge in [0.25, 0.3) is 0 Å². The number of hydrogen-bond donors (Lipinski definition) is 2. The third-order valence-corrected chi connectivity index (χ3v) is 4.15. The number of rotatable bonds is 6. The molecule has 15 heavy (non-hydrogen) atoms. The van der Waals surface area contributed by atoms with Crippen molar-refractivity contribution in [3.8, 4) is 0 Å². The van der Waals surface area contributed by atoms with E-state index in [1.54, 1.807) is 0 Å². The lowest BCUT2D eigenvalue weighted by molar-refractivity contribution is 0.143. The Morgan fingerprint density at radius 2 is 2.00 bits per heavy atom. The average molecular weight is 211 g/mol. The van der Waals surface area contributed by atoms with Crippen LogP contribution < -0.4 is 5.32 Å². The van der Waals surface area contributed by atoms with Crippen LogP contribution >= 0.6 is 0 Å². The number of nitrogens with one attached hydrogen (secondary N) is 1. The predicted octanol–water partition coefficient (Wildman–Crippen LogP) is 2.46. The molecule has 0 radical (unpaired) electrons. The third-order valence-electron chi connectivity index (χ3n) is 4.15. The highest BCUT2D eigenvalue weighted by Crippen LogP contribution is 2.38. The molecular weight excluding hydrogens is 186 g/mol. The van der Waals surface area contributed by atoms with Gasteiger partial charge in [0.05, 0.1) is 6.61 Å². The zero-order valence-corrected chi connectivity index (χ0v) is 9.97. The summed E-state index contributed by atoms with van der Waals surface area (Å²) in [6.07, 6.45) is 10.3. The second-order valence-corrected chi connectivity index (χ2v) is 5.52. The first-order valence-corrected chi connectivity index (χ1v) is 6.68. The standard InChI is InChI=1S/C13H25NO/c1-2-5-12(11-6-7-11)14-13(10-15)8-3-4-9-13/h11-12,14-15H,2-10H2,1H3. The van der Waals surface area contributed by atoms with E-state index in [0.29, 0.717) is 12.6 Å². The Kier molecular flexibility index (Phi) is 3.68. The first kappa shape index (κ1) is 11.4. The van der Waals surface area contributed by atoms with E-state index in [2.05, 4.69) is 12.2 Å². The molecule has 1 unspecified atom stereocenters. The summed E-state index contributed by atoms with van der Waals surface area (Å²) < 4.78 is 0. The van der Waals surface area contributed by atoms with E-state index in [-0.39, 0.29) is 5.54 Å². The van der Waals surface area contributed by atoms with Crippen LogP contribution in [-0.4, -0.2) is 23.3 Å². The minimum atomic E-state index is 0.0857. The molecule has 2 saturated carbocycles. The summed E-state index contributed by atoms with van der Waals surface area (Å²) in [5, 5.41) is 13.4. The highest BCUT2D eigenvalue weighted by molar-refractivity contribution is 4.98. The lowest BCUT2D eigenvalue weighted by Crippen LogP contribution is -2.51. The molecular formula is C13H25NO. The molecule has 0 aromatic carbocycles. The molecule has 0 aromatic rings. The Balaban J connectivity index is 1.90. The average Bonchev–Trinajstić information content (AvgIpc) is 3.00. The number of aliphatic hydroxyl groups excluding tert-OH is 1. The Hall–Kier alpha value is -0.0800. The fourth-order valence-electron chi connectivity index (χ4n) is 3.03. The van der Waals surface area contributed by atoms with Crippen LogP contribution in [0.2, 0.25) is 0 Å². The van der Waals surface area contributed by atoms with Crippen LogP contribution in [0.3, 0.4) is 0 Å². The quantitative estimate of drug-likeness (QED) is 0.707. The normalized spacial score (nSPS) is 26.8.